The number of nitrogens with zero attached hydrogens (tertiary/aromatic N) is 4. The van der Waals surface area contributed by atoms with Crippen LogP contribution in [0.1, 0.15) is 6.92 Å². The number of nitro groups is 1. The lowest BCUT2D eigenvalue weighted by Crippen LogP contribution is -2.31. The summed E-state index contributed by atoms with van der Waals surface area (Å²) in [5.74, 6) is -0.433. The molecule has 0 aliphatic heterocycles. The fourth-order valence-electron chi connectivity index (χ4n) is 1.23. The monoisotopic (exact) mass is 270 g/mol. The highest BCUT2D eigenvalue weighted by atomic mass is 32.2. The topological polar surface area (TPSA) is 117 Å². The molecule has 0 aliphatic rings. The molecule has 9 heteroatoms. The van der Waals surface area contributed by atoms with Gasteiger partial charge in [0.05, 0.1) is 6.07 Å². The van der Waals surface area contributed by atoms with Gasteiger partial charge in [-0.05, 0) is 16.0 Å². The van der Waals surface area contributed by atoms with E-state index in [9.17, 15) is 18.5 Å². The van der Waals surface area contributed by atoms with E-state index in [-0.39, 0.29) is 18.0 Å². The van der Waals surface area contributed by atoms with Crippen molar-refractivity contribution in [1.82, 2.24) is 9.29 Å². The molecular formula is C9H10N4O4S. The van der Waals surface area contributed by atoms with Crippen molar-refractivity contribution in [3.05, 3.63) is 28.4 Å². The number of rotatable bonds is 5. The summed E-state index contributed by atoms with van der Waals surface area (Å²) >= 11 is 0. The molecule has 0 aliphatic carbocycles. The molecule has 0 radical (unpaired) electrons. The smallest absolute Gasteiger partial charge is 0.358 e. The number of pyridine rings is 1. The predicted octanol–water partition coefficient (Wildman–Crippen LogP) is 0.524. The summed E-state index contributed by atoms with van der Waals surface area (Å²) in [4.78, 5) is 12.9. The van der Waals surface area contributed by atoms with Crippen molar-refractivity contribution < 1.29 is 13.3 Å². The molecule has 0 bridgehead atoms. The lowest BCUT2D eigenvalue weighted by atomic mass is 10.5. The molecule has 0 aromatic carbocycles. The van der Waals surface area contributed by atoms with E-state index in [1.165, 1.54) is 0 Å². The SMILES string of the molecule is CCN(CC#N)S(=O)(=O)c1ccc([N+](=O)[O-])nc1. The highest BCUT2D eigenvalue weighted by molar-refractivity contribution is 7.89. The Bertz CT molecular complexity index is 576. The van der Waals surface area contributed by atoms with Gasteiger partial charge in [0.2, 0.25) is 10.0 Å². The lowest BCUT2D eigenvalue weighted by molar-refractivity contribution is -0.389. The van der Waals surface area contributed by atoms with Crippen molar-refractivity contribution in [1.29, 1.82) is 5.26 Å². The summed E-state index contributed by atoms with van der Waals surface area (Å²) in [6.07, 6.45) is 0.910. The Hall–Kier alpha value is -2.05. The third-order valence-electron chi connectivity index (χ3n) is 2.15. The van der Waals surface area contributed by atoms with Crippen LogP contribution in [0.5, 0.6) is 0 Å². The van der Waals surface area contributed by atoms with Gasteiger partial charge in [-0.2, -0.15) is 9.57 Å². The van der Waals surface area contributed by atoms with Crippen LogP contribution in [0.4, 0.5) is 5.82 Å². The third-order valence-corrected chi connectivity index (χ3v) is 4.05. The highest BCUT2D eigenvalue weighted by Gasteiger charge is 2.25. The average Bonchev–Trinajstić information content (AvgIpc) is 2.35. The van der Waals surface area contributed by atoms with Gasteiger partial charge in [-0.15, -0.1) is 0 Å². The molecule has 0 N–H and O–H groups in total. The molecular weight excluding hydrogens is 260 g/mol. The highest BCUT2D eigenvalue weighted by Crippen LogP contribution is 2.16. The zero-order valence-electron chi connectivity index (χ0n) is 9.48. The standard InChI is InChI=1S/C9H10N4O4S/c1-2-12(6-5-10)18(16,17)8-3-4-9(11-7-8)13(14)15/h3-4,7H,2,6H2,1H3. The van der Waals surface area contributed by atoms with E-state index in [1.807, 2.05) is 0 Å². The number of hydrogen-bond acceptors (Lipinski definition) is 6. The maximum atomic E-state index is 12.0. The van der Waals surface area contributed by atoms with E-state index in [4.69, 9.17) is 5.26 Å². The number of sulfonamides is 1. The summed E-state index contributed by atoms with van der Waals surface area (Å²) < 4.78 is 25.0. The van der Waals surface area contributed by atoms with Crippen LogP contribution in [0.15, 0.2) is 23.2 Å². The average molecular weight is 270 g/mol. The predicted molar refractivity (Wildman–Crippen MR) is 60.9 cm³/mol. The fourth-order valence-corrected chi connectivity index (χ4v) is 2.52. The molecule has 0 atom stereocenters. The summed E-state index contributed by atoms with van der Waals surface area (Å²) in [5, 5.41) is 18.9. The third kappa shape index (κ3) is 2.79. The van der Waals surface area contributed by atoms with E-state index >= 15 is 0 Å². The Morgan fingerprint density at radius 3 is 2.61 bits per heavy atom. The molecule has 1 rings (SSSR count). The van der Waals surface area contributed by atoms with E-state index in [2.05, 4.69) is 4.98 Å². The Morgan fingerprint density at radius 2 is 2.22 bits per heavy atom. The largest absolute Gasteiger partial charge is 0.363 e. The van der Waals surface area contributed by atoms with Crippen molar-refractivity contribution >= 4 is 15.8 Å². The molecule has 18 heavy (non-hydrogen) atoms. The Labute approximate surface area is 104 Å². The first-order valence-electron chi connectivity index (χ1n) is 4.91. The second-order valence-electron chi connectivity index (χ2n) is 3.20. The van der Waals surface area contributed by atoms with E-state index in [1.54, 1.807) is 13.0 Å². The van der Waals surface area contributed by atoms with Gasteiger partial charge in [0.15, 0.2) is 6.20 Å². The molecule has 0 amide bonds. The first kappa shape index (κ1) is 14.0. The first-order chi connectivity index (χ1) is 8.43. The van der Waals surface area contributed by atoms with Crippen molar-refractivity contribution in [2.45, 2.75) is 11.8 Å². The quantitative estimate of drug-likeness (QED) is 0.437. The van der Waals surface area contributed by atoms with Gasteiger partial charge in [-0.1, -0.05) is 6.92 Å². The molecule has 1 aromatic rings. The zero-order chi connectivity index (χ0) is 13.8. The number of hydrogen-bond donors (Lipinski definition) is 0. The van der Waals surface area contributed by atoms with Gasteiger partial charge >= 0.3 is 5.82 Å². The molecule has 0 spiro atoms. The van der Waals surface area contributed by atoms with Gasteiger partial charge in [-0.3, -0.25) is 0 Å². The lowest BCUT2D eigenvalue weighted by Gasteiger charge is -2.15. The maximum absolute atomic E-state index is 12.0. The van der Waals surface area contributed by atoms with E-state index in [0.29, 0.717) is 0 Å². The minimum absolute atomic E-state index is 0.132. The molecule has 8 nitrogen and oxygen atoms in total. The number of aromatic nitrogens is 1. The number of nitriles is 1. The summed E-state index contributed by atoms with van der Waals surface area (Å²) in [7, 11) is -3.83. The van der Waals surface area contributed by atoms with E-state index < -0.39 is 20.8 Å². The van der Waals surface area contributed by atoms with E-state index in [0.717, 1.165) is 22.6 Å². The molecule has 0 unspecified atom stereocenters. The summed E-state index contributed by atoms with van der Waals surface area (Å²) in [5.41, 5.74) is 0. The van der Waals surface area contributed by atoms with Gasteiger partial charge in [-0.25, -0.2) is 8.42 Å². The minimum atomic E-state index is -3.83. The molecule has 0 saturated carbocycles. The van der Waals surface area contributed by atoms with Gasteiger partial charge in [0, 0.05) is 12.6 Å². The molecule has 96 valence electrons. The second kappa shape index (κ2) is 5.52. The Kier molecular flexibility index (Phi) is 4.30. The van der Waals surface area contributed by atoms with Crippen LogP contribution in [-0.2, 0) is 10.0 Å². The van der Waals surface area contributed by atoms with Gasteiger partial charge in [0.1, 0.15) is 11.4 Å². The zero-order valence-corrected chi connectivity index (χ0v) is 10.3. The van der Waals surface area contributed by atoms with Crippen LogP contribution < -0.4 is 0 Å². The van der Waals surface area contributed by atoms with Crippen LogP contribution in [0, 0.1) is 21.4 Å². The summed E-state index contributed by atoms with van der Waals surface area (Å²) in [6, 6.07) is 3.85. The van der Waals surface area contributed by atoms with Crippen LogP contribution in [0.25, 0.3) is 0 Å². The molecule has 1 heterocycles. The van der Waals surface area contributed by atoms with Crippen molar-refractivity contribution in [3.8, 4) is 6.07 Å². The van der Waals surface area contributed by atoms with Crippen molar-refractivity contribution in [2.24, 2.45) is 0 Å². The normalized spacial score (nSPS) is 11.2. The van der Waals surface area contributed by atoms with Gasteiger partial charge in [0.25, 0.3) is 0 Å². The Balaban J connectivity index is 3.13. The minimum Gasteiger partial charge on any atom is -0.358 e. The van der Waals surface area contributed by atoms with Crippen LogP contribution in [0.2, 0.25) is 0 Å². The van der Waals surface area contributed by atoms with Crippen LogP contribution in [-0.4, -0.2) is 35.7 Å². The maximum Gasteiger partial charge on any atom is 0.363 e. The Morgan fingerprint density at radius 1 is 1.56 bits per heavy atom. The van der Waals surface area contributed by atoms with Gasteiger partial charge < -0.3 is 10.1 Å². The van der Waals surface area contributed by atoms with Crippen LogP contribution in [0.3, 0.4) is 0 Å². The van der Waals surface area contributed by atoms with Crippen molar-refractivity contribution in [2.75, 3.05) is 13.1 Å². The fraction of sp³-hybridized carbons (Fsp3) is 0.333. The second-order valence-corrected chi connectivity index (χ2v) is 5.14. The van der Waals surface area contributed by atoms with Crippen molar-refractivity contribution in [3.63, 3.8) is 0 Å². The molecule has 0 fully saturated rings. The van der Waals surface area contributed by atoms with Crippen LogP contribution >= 0.6 is 0 Å². The first-order valence-corrected chi connectivity index (χ1v) is 6.35. The molecule has 0 saturated heterocycles. The molecule has 1 aromatic heterocycles. The summed E-state index contributed by atoms with van der Waals surface area (Å²) in [6.45, 7) is 1.44.